The second-order valence-electron chi connectivity index (χ2n) is 12.5. The lowest BCUT2D eigenvalue weighted by molar-refractivity contribution is -0.540. The fraction of sp³-hybridized carbons (Fsp3) is 0.444. The van der Waals surface area contributed by atoms with Gasteiger partial charge in [0, 0.05) is 37.5 Å². The Kier molecular flexibility index (Phi) is 13.6. The number of allylic oxidation sites excluding steroid dienone is 2. The fourth-order valence-corrected chi connectivity index (χ4v) is 7.31. The van der Waals surface area contributed by atoms with Crippen LogP contribution < -0.4 is 16.0 Å². The van der Waals surface area contributed by atoms with E-state index in [-0.39, 0.29) is 36.6 Å². The number of nitrogens with zero attached hydrogens (tertiary/aromatic N) is 4. The summed E-state index contributed by atoms with van der Waals surface area (Å²) >= 11 is 0. The quantitative estimate of drug-likeness (QED) is 0.132. The van der Waals surface area contributed by atoms with E-state index in [0.29, 0.717) is 23.9 Å². The highest BCUT2D eigenvalue weighted by Gasteiger charge is 2.31. The van der Waals surface area contributed by atoms with E-state index in [0.717, 1.165) is 40.4 Å². The van der Waals surface area contributed by atoms with Gasteiger partial charge in [-0.05, 0) is 60.2 Å². The standard InChI is InChI=1S/C36H47N7O7S/c1-6-25-18-24(3)19-33(41-32-21-29(22-39-32)51(48,49)43(7-2)23-50-35(46)13-12-34(44)45)42(5)17-15-30(25)27-14-16-38-31(20-27)26-8-10-28(11-9-26)40-36(47)37-4/h8-11,14,16-17,20-21,24,33H,6-7,12-13,15,18-19,22-23H2,1-5H3,(H3-,37,38,39,40,41,44,45,47)/p+1/b30-25-,42-17-. The summed E-state index contributed by atoms with van der Waals surface area (Å²) in [6.07, 6.45) is 7.86. The maximum atomic E-state index is 13.4. The molecule has 274 valence electrons. The maximum absolute atomic E-state index is 13.4. The Morgan fingerprint density at radius 1 is 1.10 bits per heavy atom. The minimum Gasteiger partial charge on any atom is -0.481 e. The number of esters is 1. The smallest absolute Gasteiger partial charge is 0.318 e. The molecule has 2 aromatic rings. The number of benzene rings is 1. The van der Waals surface area contributed by atoms with E-state index in [1.807, 2.05) is 43.6 Å². The summed E-state index contributed by atoms with van der Waals surface area (Å²) in [6, 6.07) is 11.4. The first-order valence-electron chi connectivity index (χ1n) is 17.0. The first-order valence-corrected chi connectivity index (χ1v) is 18.5. The number of carbonyl (C=O) groups is 3. The number of amides is 2. The summed E-state index contributed by atoms with van der Waals surface area (Å²) < 4.78 is 35.0. The molecule has 2 atom stereocenters. The second kappa shape index (κ2) is 17.9. The average Bonchev–Trinajstić information content (AvgIpc) is 3.61. The van der Waals surface area contributed by atoms with Crippen molar-refractivity contribution in [1.82, 2.24) is 19.9 Å². The number of ether oxygens (including phenoxy) is 1. The molecular formula is C36H48N7O7S+. The molecule has 0 saturated heterocycles. The predicted molar refractivity (Wildman–Crippen MR) is 197 cm³/mol. The van der Waals surface area contributed by atoms with Crippen LogP contribution in [0.5, 0.6) is 0 Å². The molecule has 3 heterocycles. The van der Waals surface area contributed by atoms with Gasteiger partial charge in [0.05, 0.1) is 36.4 Å². The van der Waals surface area contributed by atoms with Gasteiger partial charge in [-0.2, -0.15) is 4.31 Å². The molecule has 51 heavy (non-hydrogen) atoms. The first kappa shape index (κ1) is 38.9. The number of pyridine rings is 1. The largest absolute Gasteiger partial charge is 0.481 e. The van der Waals surface area contributed by atoms with E-state index in [9.17, 15) is 22.8 Å². The summed E-state index contributed by atoms with van der Waals surface area (Å²) in [5.41, 5.74) is 6.16. The van der Waals surface area contributed by atoms with Crippen molar-refractivity contribution in [2.75, 3.05) is 39.2 Å². The van der Waals surface area contributed by atoms with Gasteiger partial charge in [-0.3, -0.25) is 19.6 Å². The van der Waals surface area contributed by atoms with Crippen LogP contribution in [0.15, 0.2) is 64.1 Å². The van der Waals surface area contributed by atoms with Crippen LogP contribution in [-0.2, 0) is 24.3 Å². The van der Waals surface area contributed by atoms with Crippen molar-refractivity contribution < 1.29 is 37.2 Å². The van der Waals surface area contributed by atoms with E-state index < -0.39 is 35.1 Å². The SMILES string of the molecule is CC/C1=C(/c2ccnc(-c3ccc(NC(=O)NC)cc3)c2)C/C=[N+](/C)C(NC2=NCC(S(=O)(=O)N(CC)COC(=O)CCC(=O)O)=C2)CC(C)C1. The number of carbonyl (C=O) groups excluding carboxylic acids is 2. The molecule has 15 heteroatoms. The van der Waals surface area contributed by atoms with Crippen LogP contribution in [0.25, 0.3) is 16.8 Å². The van der Waals surface area contributed by atoms with Gasteiger partial charge in [0.1, 0.15) is 19.1 Å². The van der Waals surface area contributed by atoms with Crippen molar-refractivity contribution in [2.45, 2.75) is 65.5 Å². The summed E-state index contributed by atoms with van der Waals surface area (Å²) in [7, 11) is -0.414. The molecule has 4 N–H and O–H groups in total. The molecule has 2 aliphatic rings. The van der Waals surface area contributed by atoms with Gasteiger partial charge >= 0.3 is 18.0 Å². The number of amidine groups is 1. The summed E-state index contributed by atoms with van der Waals surface area (Å²) in [6.45, 7) is 5.53. The molecule has 4 rings (SSSR count). The number of urea groups is 1. The van der Waals surface area contributed by atoms with Crippen molar-refractivity contribution in [3.05, 3.63) is 64.7 Å². The van der Waals surface area contributed by atoms with Crippen LogP contribution in [-0.4, -0.2) is 97.5 Å². The second-order valence-corrected chi connectivity index (χ2v) is 14.5. The zero-order valence-electron chi connectivity index (χ0n) is 29.8. The number of rotatable bonds is 13. The highest BCUT2D eigenvalue weighted by atomic mass is 32.2. The molecule has 0 saturated carbocycles. The first-order chi connectivity index (χ1) is 24.3. The van der Waals surface area contributed by atoms with Crippen LogP contribution in [0, 0.1) is 5.92 Å². The van der Waals surface area contributed by atoms with Crippen LogP contribution in [0.3, 0.4) is 0 Å². The molecule has 0 radical (unpaired) electrons. The zero-order chi connectivity index (χ0) is 37.1. The lowest BCUT2D eigenvalue weighted by Gasteiger charge is -2.20. The maximum Gasteiger partial charge on any atom is 0.318 e. The molecule has 0 fully saturated rings. The van der Waals surface area contributed by atoms with Gasteiger partial charge < -0.3 is 25.8 Å². The molecule has 0 aliphatic carbocycles. The molecule has 2 amide bonds. The third kappa shape index (κ3) is 10.6. The van der Waals surface area contributed by atoms with Crippen molar-refractivity contribution in [3.8, 4) is 11.3 Å². The third-order valence-electron chi connectivity index (χ3n) is 8.88. The number of aliphatic imine (C=N–C) groups is 1. The highest BCUT2D eigenvalue weighted by molar-refractivity contribution is 7.93. The van der Waals surface area contributed by atoms with Crippen LogP contribution >= 0.6 is 0 Å². The zero-order valence-corrected chi connectivity index (χ0v) is 30.6. The molecule has 1 aromatic carbocycles. The molecule has 0 bridgehead atoms. The Bertz CT molecular complexity index is 1840. The number of nitrogens with one attached hydrogen (secondary N) is 3. The van der Waals surface area contributed by atoms with Gasteiger partial charge in [-0.25, -0.2) is 17.8 Å². The van der Waals surface area contributed by atoms with E-state index in [2.05, 4.69) is 56.6 Å². The summed E-state index contributed by atoms with van der Waals surface area (Å²) in [5.74, 6) is -1.17. The van der Waals surface area contributed by atoms with Crippen LogP contribution in [0.4, 0.5) is 10.5 Å². The molecule has 2 aliphatic heterocycles. The molecular weight excluding hydrogens is 675 g/mol. The lowest BCUT2D eigenvalue weighted by Crippen LogP contribution is -2.42. The average molecular weight is 723 g/mol. The number of carboxylic acids is 1. The predicted octanol–water partition coefficient (Wildman–Crippen LogP) is 4.43. The Balaban J connectivity index is 1.48. The van der Waals surface area contributed by atoms with Gasteiger partial charge in [-0.1, -0.05) is 38.5 Å². The van der Waals surface area contributed by atoms with Gasteiger partial charge in [0.15, 0.2) is 6.73 Å². The van der Waals surface area contributed by atoms with Crippen molar-refractivity contribution in [2.24, 2.45) is 10.9 Å². The Labute approximate surface area is 299 Å². The number of aromatic nitrogens is 1. The third-order valence-corrected chi connectivity index (χ3v) is 10.8. The van der Waals surface area contributed by atoms with E-state index >= 15 is 0 Å². The van der Waals surface area contributed by atoms with E-state index in [1.54, 1.807) is 14.0 Å². The molecule has 2 unspecified atom stereocenters. The number of anilines is 1. The molecule has 14 nitrogen and oxygen atoms in total. The van der Waals surface area contributed by atoms with Gasteiger partial charge in [-0.15, -0.1) is 0 Å². The number of hydrogen-bond donors (Lipinski definition) is 4. The molecule has 1 aromatic heterocycles. The van der Waals surface area contributed by atoms with Crippen molar-refractivity contribution in [1.29, 1.82) is 0 Å². The minimum atomic E-state index is -3.98. The number of carboxylic acid groups (broad SMARTS) is 1. The number of hydrogen-bond acceptors (Lipinski definition) is 9. The lowest BCUT2D eigenvalue weighted by atomic mass is 9.88. The fourth-order valence-electron chi connectivity index (χ4n) is 5.96. The Morgan fingerprint density at radius 3 is 2.51 bits per heavy atom. The topological polar surface area (TPSA) is 182 Å². The van der Waals surface area contributed by atoms with Crippen molar-refractivity contribution >= 4 is 51.3 Å². The van der Waals surface area contributed by atoms with Crippen LogP contribution in [0.1, 0.15) is 64.9 Å². The van der Waals surface area contributed by atoms with Gasteiger partial charge in [0.25, 0.3) is 0 Å². The number of aliphatic carboxylic acids is 1. The molecule has 0 spiro atoms. The summed E-state index contributed by atoms with van der Waals surface area (Å²) in [4.78, 5) is 43.5. The van der Waals surface area contributed by atoms with E-state index in [1.165, 1.54) is 17.2 Å². The van der Waals surface area contributed by atoms with Gasteiger partial charge in [0.2, 0.25) is 16.2 Å². The Morgan fingerprint density at radius 2 is 1.84 bits per heavy atom. The normalized spacial score (nSPS) is 20.5. The minimum absolute atomic E-state index is 0.0484. The summed E-state index contributed by atoms with van der Waals surface area (Å²) in [5, 5.41) is 17.5. The Hall–Kier alpha value is -4.89. The highest BCUT2D eigenvalue weighted by Crippen LogP contribution is 2.32. The monoisotopic (exact) mass is 722 g/mol. The van der Waals surface area contributed by atoms with Crippen molar-refractivity contribution in [3.63, 3.8) is 0 Å². The van der Waals surface area contributed by atoms with Crippen LogP contribution in [0.2, 0.25) is 0 Å². The number of sulfonamides is 1. The van der Waals surface area contributed by atoms with E-state index in [4.69, 9.17) is 9.84 Å².